The molecule has 0 unspecified atom stereocenters. The number of nitro groups is 2. The normalized spacial score (nSPS) is 12.7. The molecule has 0 N–H and O–H groups in total. The van der Waals surface area contributed by atoms with Crippen LogP contribution in [0.1, 0.15) is 0 Å². The Labute approximate surface area is 162 Å². The van der Waals surface area contributed by atoms with E-state index in [2.05, 4.69) is 9.47 Å². The third-order valence-corrected chi connectivity index (χ3v) is 3.26. The zero-order valence-electron chi connectivity index (χ0n) is 14.2. The highest BCUT2D eigenvalue weighted by atomic mass is 19.4. The smallest absolute Gasteiger partial charge is 0.449 e. The Balaban J connectivity index is 2.49. The molecule has 0 aromatic heterocycles. The molecule has 0 saturated carbocycles. The maximum absolute atomic E-state index is 13.3. The summed E-state index contributed by atoms with van der Waals surface area (Å²) in [4.78, 5) is 19.4. The van der Waals surface area contributed by atoms with Crippen LogP contribution < -0.4 is 9.47 Å². The van der Waals surface area contributed by atoms with Crippen LogP contribution in [0.4, 0.5) is 37.7 Å². The van der Waals surface area contributed by atoms with E-state index in [1.54, 1.807) is 0 Å². The van der Waals surface area contributed by atoms with Crippen LogP contribution >= 0.6 is 0 Å². The van der Waals surface area contributed by atoms with Crippen LogP contribution in [0.3, 0.4) is 0 Å². The fraction of sp³-hybridized carbons (Fsp3) is 0.125. The van der Waals surface area contributed by atoms with Gasteiger partial charge in [-0.05, 0) is 24.3 Å². The number of nitrogens with zero attached hydrogens (tertiary/aromatic N) is 2. The van der Waals surface area contributed by atoms with Crippen molar-refractivity contribution < 1.29 is 45.7 Å². The Morgan fingerprint density at radius 3 is 1.10 bits per heavy atom. The quantitative estimate of drug-likeness (QED) is 0.262. The average molecular weight is 438 g/mol. The molecule has 0 radical (unpaired) electrons. The molecular weight excluding hydrogens is 430 g/mol. The highest BCUT2D eigenvalue weighted by molar-refractivity contribution is 5.39. The van der Waals surface area contributed by atoms with Crippen LogP contribution in [-0.2, 0) is 0 Å². The maximum atomic E-state index is 13.3. The second kappa shape index (κ2) is 8.26. The van der Waals surface area contributed by atoms with Crippen LogP contribution in [0.15, 0.2) is 60.0 Å². The summed E-state index contributed by atoms with van der Waals surface area (Å²) in [5.41, 5.74) is -1.06. The van der Waals surface area contributed by atoms with Gasteiger partial charge in [-0.2, -0.15) is 26.3 Å². The number of non-ortho nitro benzene ring substituents is 2. The van der Waals surface area contributed by atoms with Crippen molar-refractivity contribution >= 4 is 11.4 Å². The lowest BCUT2D eigenvalue weighted by atomic mass is 10.3. The molecule has 2 rings (SSSR count). The number of benzene rings is 2. The van der Waals surface area contributed by atoms with Crippen LogP contribution in [0, 0.1) is 20.2 Å². The van der Waals surface area contributed by atoms with Gasteiger partial charge in [-0.3, -0.25) is 20.2 Å². The molecule has 0 amide bonds. The Bertz CT molecular complexity index is 888. The van der Waals surface area contributed by atoms with E-state index in [-0.39, 0.29) is 0 Å². The Morgan fingerprint density at radius 1 is 0.633 bits per heavy atom. The van der Waals surface area contributed by atoms with Gasteiger partial charge in [-0.1, -0.05) is 0 Å². The van der Waals surface area contributed by atoms with Gasteiger partial charge < -0.3 is 9.47 Å². The highest BCUT2D eigenvalue weighted by Crippen LogP contribution is 2.39. The summed E-state index contributed by atoms with van der Waals surface area (Å²) < 4.78 is 88.5. The first-order valence-corrected chi connectivity index (χ1v) is 7.52. The van der Waals surface area contributed by atoms with E-state index < -0.39 is 56.6 Å². The standard InChI is InChI=1S/C16H8F6N2O6/c17-15(18,19)13(29-11-5-1-9(2-6-11)23(25)26)14(16(20,21)22)30-12-7-3-10(4-8-12)24(27)28/h1-8H. The van der Waals surface area contributed by atoms with E-state index >= 15 is 0 Å². The van der Waals surface area contributed by atoms with Crippen molar-refractivity contribution in [2.24, 2.45) is 0 Å². The summed E-state index contributed by atoms with van der Waals surface area (Å²) >= 11 is 0. The van der Waals surface area contributed by atoms with Crippen LogP contribution in [0.5, 0.6) is 11.5 Å². The highest BCUT2D eigenvalue weighted by Gasteiger charge is 2.50. The van der Waals surface area contributed by atoms with E-state index in [0.717, 1.165) is 24.3 Å². The molecular formula is C16H8F6N2O6. The van der Waals surface area contributed by atoms with Gasteiger partial charge in [0, 0.05) is 24.3 Å². The molecule has 0 fully saturated rings. The van der Waals surface area contributed by atoms with Crippen molar-refractivity contribution in [2.75, 3.05) is 0 Å². The topological polar surface area (TPSA) is 105 Å². The molecule has 30 heavy (non-hydrogen) atoms. The molecule has 0 saturated heterocycles. The number of allylic oxidation sites excluding steroid dienone is 2. The number of ether oxygens (including phenoxy) is 2. The number of alkyl halides is 6. The van der Waals surface area contributed by atoms with Crippen molar-refractivity contribution in [3.8, 4) is 11.5 Å². The van der Waals surface area contributed by atoms with Crippen molar-refractivity contribution in [3.63, 3.8) is 0 Å². The first-order chi connectivity index (χ1) is 13.8. The minimum Gasteiger partial charge on any atom is -0.449 e. The molecule has 2 aromatic carbocycles. The fourth-order valence-corrected chi connectivity index (χ4v) is 1.97. The number of halogens is 6. The number of hydrogen-bond acceptors (Lipinski definition) is 6. The predicted octanol–water partition coefficient (Wildman–Crippen LogP) is 5.30. The molecule has 160 valence electrons. The van der Waals surface area contributed by atoms with Gasteiger partial charge in [0.25, 0.3) is 22.9 Å². The van der Waals surface area contributed by atoms with Crippen molar-refractivity contribution in [2.45, 2.75) is 12.4 Å². The molecule has 0 aliphatic heterocycles. The van der Waals surface area contributed by atoms with E-state index in [1.165, 1.54) is 0 Å². The van der Waals surface area contributed by atoms with Crippen LogP contribution in [0.25, 0.3) is 0 Å². The van der Waals surface area contributed by atoms with E-state index in [1.807, 2.05) is 0 Å². The lowest BCUT2D eigenvalue weighted by Gasteiger charge is -2.20. The molecule has 2 aromatic rings. The molecule has 0 atom stereocenters. The molecule has 14 heteroatoms. The molecule has 0 aliphatic carbocycles. The second-order valence-electron chi connectivity index (χ2n) is 5.36. The Hall–Kier alpha value is -3.84. The van der Waals surface area contributed by atoms with Gasteiger partial charge in [0.05, 0.1) is 9.85 Å². The van der Waals surface area contributed by atoms with Gasteiger partial charge in [0.2, 0.25) is 0 Å². The molecule has 0 spiro atoms. The fourth-order valence-electron chi connectivity index (χ4n) is 1.97. The monoisotopic (exact) mass is 438 g/mol. The predicted molar refractivity (Wildman–Crippen MR) is 86.6 cm³/mol. The van der Waals surface area contributed by atoms with Crippen molar-refractivity contribution in [3.05, 3.63) is 80.3 Å². The first kappa shape index (κ1) is 22.4. The van der Waals surface area contributed by atoms with Gasteiger partial charge in [-0.15, -0.1) is 0 Å². The number of rotatable bonds is 6. The average Bonchev–Trinajstić information content (AvgIpc) is 2.63. The zero-order chi connectivity index (χ0) is 22.7. The van der Waals surface area contributed by atoms with Gasteiger partial charge >= 0.3 is 12.4 Å². The lowest BCUT2D eigenvalue weighted by Crippen LogP contribution is -2.29. The van der Waals surface area contributed by atoms with E-state index in [4.69, 9.17) is 0 Å². The van der Waals surface area contributed by atoms with Crippen LogP contribution in [-0.4, -0.2) is 22.2 Å². The maximum Gasteiger partial charge on any atom is 0.453 e. The van der Waals surface area contributed by atoms with Crippen molar-refractivity contribution in [1.82, 2.24) is 0 Å². The van der Waals surface area contributed by atoms with E-state index in [0.29, 0.717) is 24.3 Å². The van der Waals surface area contributed by atoms with E-state index in [9.17, 15) is 46.6 Å². The summed E-state index contributed by atoms with van der Waals surface area (Å²) in [5, 5.41) is 21.1. The Morgan fingerprint density at radius 2 is 0.900 bits per heavy atom. The van der Waals surface area contributed by atoms with Gasteiger partial charge in [0.15, 0.2) is 0 Å². The van der Waals surface area contributed by atoms with Gasteiger partial charge in [0.1, 0.15) is 11.5 Å². The largest absolute Gasteiger partial charge is 0.453 e. The lowest BCUT2D eigenvalue weighted by molar-refractivity contribution is -0.385. The minimum absolute atomic E-state index is 0.530. The number of nitro benzene ring substituents is 2. The molecule has 0 bridgehead atoms. The third kappa shape index (κ3) is 5.59. The van der Waals surface area contributed by atoms with Crippen molar-refractivity contribution in [1.29, 1.82) is 0 Å². The Kier molecular flexibility index (Phi) is 6.18. The third-order valence-electron chi connectivity index (χ3n) is 3.26. The summed E-state index contributed by atoms with van der Waals surface area (Å²) in [5.74, 6) is -6.69. The molecule has 0 heterocycles. The van der Waals surface area contributed by atoms with Crippen LogP contribution in [0.2, 0.25) is 0 Å². The summed E-state index contributed by atoms with van der Waals surface area (Å²) in [6.45, 7) is 0. The molecule has 0 aliphatic rings. The first-order valence-electron chi connectivity index (χ1n) is 7.52. The summed E-state index contributed by atoms with van der Waals surface area (Å²) in [6, 6.07) is 5.60. The second-order valence-corrected chi connectivity index (χ2v) is 5.36. The molecule has 8 nitrogen and oxygen atoms in total. The number of hydrogen-bond donors (Lipinski definition) is 0. The minimum atomic E-state index is -5.67. The van der Waals surface area contributed by atoms with Gasteiger partial charge in [-0.25, -0.2) is 0 Å². The SMILES string of the molecule is O=[N+]([O-])c1ccc(OC(=C(Oc2ccc([N+](=O)[O-])cc2)C(F)(F)F)C(F)(F)F)cc1. The zero-order valence-corrected chi connectivity index (χ0v) is 14.2. The summed E-state index contributed by atoms with van der Waals surface area (Å²) in [6.07, 6.45) is -11.3. The summed E-state index contributed by atoms with van der Waals surface area (Å²) in [7, 11) is 0.